The lowest BCUT2D eigenvalue weighted by Gasteiger charge is -2.22. The Labute approximate surface area is 190 Å². The van der Waals surface area contributed by atoms with E-state index in [9.17, 15) is 4.39 Å². The first-order chi connectivity index (χ1) is 13.7. The van der Waals surface area contributed by atoms with Gasteiger partial charge in [-0.1, -0.05) is 25.0 Å². The van der Waals surface area contributed by atoms with Crippen molar-refractivity contribution in [2.75, 3.05) is 31.6 Å². The minimum atomic E-state index is -0.203. The molecule has 0 amide bonds. The molecule has 0 aliphatic carbocycles. The van der Waals surface area contributed by atoms with Crippen LogP contribution in [0.1, 0.15) is 36.8 Å². The maximum absolute atomic E-state index is 13.0. The Balaban J connectivity index is 0.00000300. The van der Waals surface area contributed by atoms with Gasteiger partial charge in [0.15, 0.2) is 5.96 Å². The van der Waals surface area contributed by atoms with E-state index in [1.54, 1.807) is 7.05 Å². The number of nitrogens with zero attached hydrogens (tertiary/aromatic N) is 3. The second-order valence-corrected chi connectivity index (χ2v) is 7.15. The largest absolute Gasteiger partial charge is 0.357 e. The highest BCUT2D eigenvalue weighted by Crippen LogP contribution is 2.18. The third-order valence-electron chi connectivity index (χ3n) is 5.04. The predicted molar refractivity (Wildman–Crippen MR) is 129 cm³/mol. The van der Waals surface area contributed by atoms with Gasteiger partial charge in [0.1, 0.15) is 11.6 Å². The number of aliphatic imine (C=N–C) groups is 1. The van der Waals surface area contributed by atoms with Crippen LogP contribution in [0.5, 0.6) is 0 Å². The van der Waals surface area contributed by atoms with Crippen molar-refractivity contribution in [3.8, 4) is 0 Å². The molecule has 1 aliphatic heterocycles. The van der Waals surface area contributed by atoms with Crippen LogP contribution in [0.2, 0.25) is 0 Å². The van der Waals surface area contributed by atoms with Gasteiger partial charge in [0.05, 0.1) is 0 Å². The Morgan fingerprint density at radius 1 is 1.03 bits per heavy atom. The molecule has 1 aliphatic rings. The minimum absolute atomic E-state index is 0. The molecular formula is C22H31FIN5. The van der Waals surface area contributed by atoms with Crippen LogP contribution < -0.4 is 15.5 Å². The fraction of sp³-hybridized carbons (Fsp3) is 0.455. The number of rotatable bonds is 6. The van der Waals surface area contributed by atoms with Crippen molar-refractivity contribution < 1.29 is 4.39 Å². The van der Waals surface area contributed by atoms with Gasteiger partial charge in [-0.2, -0.15) is 0 Å². The van der Waals surface area contributed by atoms with Crippen molar-refractivity contribution in [3.05, 3.63) is 59.5 Å². The van der Waals surface area contributed by atoms with Crippen molar-refractivity contribution in [1.82, 2.24) is 15.6 Å². The smallest absolute Gasteiger partial charge is 0.191 e. The first-order valence-electron chi connectivity index (χ1n) is 10.1. The van der Waals surface area contributed by atoms with Gasteiger partial charge < -0.3 is 15.5 Å². The third kappa shape index (κ3) is 7.79. The van der Waals surface area contributed by atoms with Crippen molar-refractivity contribution >= 4 is 35.8 Å². The molecule has 1 saturated heterocycles. The summed E-state index contributed by atoms with van der Waals surface area (Å²) in [5.41, 5.74) is 2.29. The van der Waals surface area contributed by atoms with Gasteiger partial charge in [0.25, 0.3) is 0 Å². The summed E-state index contributed by atoms with van der Waals surface area (Å²) >= 11 is 0. The zero-order valence-electron chi connectivity index (χ0n) is 17.0. The number of nitrogens with one attached hydrogen (secondary N) is 2. The topological polar surface area (TPSA) is 52.6 Å². The number of pyridine rings is 1. The molecule has 2 heterocycles. The van der Waals surface area contributed by atoms with E-state index >= 15 is 0 Å². The lowest BCUT2D eigenvalue weighted by molar-refractivity contribution is 0.626. The van der Waals surface area contributed by atoms with E-state index in [0.717, 1.165) is 43.4 Å². The number of hydrogen-bond acceptors (Lipinski definition) is 3. The average Bonchev–Trinajstić information content (AvgIpc) is 3.02. The highest BCUT2D eigenvalue weighted by Gasteiger charge is 2.11. The zero-order chi connectivity index (χ0) is 19.6. The van der Waals surface area contributed by atoms with Crippen molar-refractivity contribution in [2.45, 2.75) is 38.6 Å². The van der Waals surface area contributed by atoms with E-state index < -0.39 is 0 Å². The van der Waals surface area contributed by atoms with Crippen LogP contribution in [0, 0.1) is 5.82 Å². The first-order valence-corrected chi connectivity index (χ1v) is 10.1. The number of benzene rings is 1. The van der Waals surface area contributed by atoms with Crippen LogP contribution in [0.3, 0.4) is 0 Å². The summed E-state index contributed by atoms with van der Waals surface area (Å²) in [6, 6.07) is 10.8. The summed E-state index contributed by atoms with van der Waals surface area (Å²) in [6.45, 7) is 3.62. The van der Waals surface area contributed by atoms with Crippen LogP contribution in [-0.4, -0.2) is 37.6 Å². The van der Waals surface area contributed by atoms with Gasteiger partial charge in [-0.3, -0.25) is 4.99 Å². The van der Waals surface area contributed by atoms with Gasteiger partial charge in [-0.25, -0.2) is 9.37 Å². The fourth-order valence-electron chi connectivity index (χ4n) is 3.43. The van der Waals surface area contributed by atoms with E-state index in [1.165, 1.54) is 43.4 Å². The monoisotopic (exact) mass is 511 g/mol. The molecule has 0 radical (unpaired) electrons. The first kappa shape index (κ1) is 23.4. The Morgan fingerprint density at radius 2 is 1.76 bits per heavy atom. The van der Waals surface area contributed by atoms with E-state index in [0.29, 0.717) is 6.54 Å². The number of aromatic nitrogens is 1. The average molecular weight is 511 g/mol. The highest BCUT2D eigenvalue weighted by molar-refractivity contribution is 14.0. The van der Waals surface area contributed by atoms with Crippen molar-refractivity contribution in [3.63, 3.8) is 0 Å². The van der Waals surface area contributed by atoms with Crippen molar-refractivity contribution in [1.29, 1.82) is 0 Å². The standard InChI is InChI=1S/C22H30FN5.HI/c1-24-22(26-13-10-18-6-8-20(23)9-7-18)27-17-19-11-12-25-21(16-19)28-14-4-2-3-5-15-28;/h6-9,11-12,16H,2-5,10,13-15,17H2,1H3,(H2,24,26,27);1H. The van der Waals surface area contributed by atoms with Crippen molar-refractivity contribution in [2.24, 2.45) is 4.99 Å². The Bertz CT molecular complexity index is 758. The molecule has 1 aromatic carbocycles. The molecule has 5 nitrogen and oxygen atoms in total. The lowest BCUT2D eigenvalue weighted by Crippen LogP contribution is -2.37. The molecule has 7 heteroatoms. The molecular weight excluding hydrogens is 480 g/mol. The van der Waals surface area contributed by atoms with Gasteiger partial charge in [-0.15, -0.1) is 24.0 Å². The highest BCUT2D eigenvalue weighted by atomic mass is 127. The minimum Gasteiger partial charge on any atom is -0.357 e. The molecule has 0 spiro atoms. The molecule has 3 rings (SSSR count). The van der Waals surface area contributed by atoms with Gasteiger partial charge in [-0.05, 0) is 54.7 Å². The summed E-state index contributed by atoms with van der Waals surface area (Å²) in [5.74, 6) is 1.63. The second-order valence-electron chi connectivity index (χ2n) is 7.15. The summed E-state index contributed by atoms with van der Waals surface area (Å²) in [5, 5.41) is 6.66. The summed E-state index contributed by atoms with van der Waals surface area (Å²) in [6.07, 6.45) is 7.83. The molecule has 0 unspecified atom stereocenters. The van der Waals surface area contributed by atoms with Crippen LogP contribution in [0.4, 0.5) is 10.2 Å². The molecule has 1 fully saturated rings. The molecule has 0 atom stereocenters. The van der Waals surface area contributed by atoms with Gasteiger partial charge >= 0.3 is 0 Å². The van der Waals surface area contributed by atoms with Crippen LogP contribution in [0.15, 0.2) is 47.6 Å². The van der Waals surface area contributed by atoms with Crippen LogP contribution >= 0.6 is 24.0 Å². The molecule has 2 aromatic rings. The van der Waals surface area contributed by atoms with E-state index in [2.05, 4.69) is 31.6 Å². The SMILES string of the molecule is CN=C(NCCc1ccc(F)cc1)NCc1ccnc(N2CCCCCC2)c1.I. The maximum atomic E-state index is 13.0. The quantitative estimate of drug-likeness (QED) is 0.348. The zero-order valence-corrected chi connectivity index (χ0v) is 19.4. The Kier molecular flexibility index (Phi) is 10.2. The van der Waals surface area contributed by atoms with Crippen LogP contribution in [0.25, 0.3) is 0 Å². The summed E-state index contributed by atoms with van der Waals surface area (Å²) < 4.78 is 13.0. The maximum Gasteiger partial charge on any atom is 0.191 e. The van der Waals surface area contributed by atoms with E-state index in [-0.39, 0.29) is 29.8 Å². The molecule has 1 aromatic heterocycles. The normalized spacial score (nSPS) is 14.7. The van der Waals surface area contributed by atoms with E-state index in [4.69, 9.17) is 0 Å². The predicted octanol–water partition coefficient (Wildman–Crippen LogP) is 4.13. The molecule has 0 saturated carbocycles. The number of anilines is 1. The Hall–Kier alpha value is -1.90. The molecule has 0 bridgehead atoms. The van der Waals surface area contributed by atoms with Gasteiger partial charge in [0, 0.05) is 39.4 Å². The number of halogens is 2. The Morgan fingerprint density at radius 3 is 2.45 bits per heavy atom. The number of hydrogen-bond donors (Lipinski definition) is 2. The van der Waals surface area contributed by atoms with Crippen LogP contribution in [-0.2, 0) is 13.0 Å². The summed E-state index contributed by atoms with van der Waals surface area (Å²) in [7, 11) is 1.77. The third-order valence-corrected chi connectivity index (χ3v) is 5.04. The fourth-order valence-corrected chi connectivity index (χ4v) is 3.43. The molecule has 2 N–H and O–H groups in total. The van der Waals surface area contributed by atoms with Gasteiger partial charge in [0.2, 0.25) is 0 Å². The van der Waals surface area contributed by atoms with E-state index in [1.807, 2.05) is 24.4 Å². The number of guanidine groups is 1. The summed E-state index contributed by atoms with van der Waals surface area (Å²) in [4.78, 5) is 11.2. The molecule has 29 heavy (non-hydrogen) atoms. The lowest BCUT2D eigenvalue weighted by atomic mass is 10.1. The molecule has 158 valence electrons. The second kappa shape index (κ2) is 12.6.